The van der Waals surface area contributed by atoms with E-state index < -0.39 is 11.7 Å². The normalized spacial score (nSPS) is 16.4. The van der Waals surface area contributed by atoms with E-state index in [9.17, 15) is 18.0 Å². The fraction of sp³-hybridized carbons (Fsp3) is 0.387. The summed E-state index contributed by atoms with van der Waals surface area (Å²) >= 11 is 0. The third-order valence-corrected chi connectivity index (χ3v) is 7.82. The van der Waals surface area contributed by atoms with Crippen LogP contribution in [0.25, 0.3) is 11.1 Å². The third kappa shape index (κ3) is 5.90. The zero-order chi connectivity index (χ0) is 26.7. The van der Waals surface area contributed by atoms with Crippen LogP contribution in [0.4, 0.5) is 13.2 Å². The van der Waals surface area contributed by atoms with E-state index in [2.05, 4.69) is 43.9 Å². The van der Waals surface area contributed by atoms with Crippen LogP contribution in [0.3, 0.4) is 0 Å². The van der Waals surface area contributed by atoms with Crippen LogP contribution in [0.5, 0.6) is 0 Å². The van der Waals surface area contributed by atoms with E-state index in [1.54, 1.807) is 24.3 Å². The predicted molar refractivity (Wildman–Crippen MR) is 143 cm³/mol. The van der Waals surface area contributed by atoms with Crippen molar-refractivity contribution in [2.24, 2.45) is 0 Å². The average Bonchev–Trinajstić information content (AvgIpc) is 2.92. The van der Waals surface area contributed by atoms with Gasteiger partial charge in [0.25, 0.3) is 5.91 Å². The lowest BCUT2D eigenvalue weighted by atomic mass is 9.85. The number of rotatable bonds is 7. The largest absolute Gasteiger partial charge is 0.416 e. The van der Waals surface area contributed by atoms with Gasteiger partial charge >= 0.3 is 6.18 Å². The first-order valence-electron chi connectivity index (χ1n) is 13.0. The highest BCUT2D eigenvalue weighted by Crippen LogP contribution is 2.32. The molecule has 1 aliphatic rings. The number of carbonyl (C=O) groups excluding carboxylic acids is 1. The summed E-state index contributed by atoms with van der Waals surface area (Å²) in [5, 5.41) is 0. The number of carbonyl (C=O) groups is 1. The Hall–Kier alpha value is -3.12. The summed E-state index contributed by atoms with van der Waals surface area (Å²) in [5.74, 6) is -0.0424. The van der Waals surface area contributed by atoms with Crippen LogP contribution in [-0.2, 0) is 19.0 Å². The molecule has 2 atom stereocenters. The molecule has 3 aromatic carbocycles. The summed E-state index contributed by atoms with van der Waals surface area (Å²) in [5.41, 5.74) is 5.39. The first-order chi connectivity index (χ1) is 17.6. The number of halogens is 3. The van der Waals surface area contributed by atoms with Crippen molar-refractivity contribution in [3.05, 3.63) is 94.5 Å². The van der Waals surface area contributed by atoms with Crippen LogP contribution in [0.2, 0.25) is 0 Å². The summed E-state index contributed by atoms with van der Waals surface area (Å²) in [6, 6.07) is 19.5. The predicted octanol–water partition coefficient (Wildman–Crippen LogP) is 7.40. The number of fused-ring (bicyclic) bond motifs is 1. The van der Waals surface area contributed by atoms with Crippen molar-refractivity contribution < 1.29 is 18.0 Å². The molecule has 0 N–H and O–H groups in total. The summed E-state index contributed by atoms with van der Waals surface area (Å²) in [7, 11) is 1.86. The number of amides is 1. The van der Waals surface area contributed by atoms with Crippen molar-refractivity contribution >= 4 is 5.91 Å². The molecule has 0 saturated heterocycles. The van der Waals surface area contributed by atoms with Crippen LogP contribution in [0.15, 0.2) is 66.7 Å². The Labute approximate surface area is 217 Å². The second kappa shape index (κ2) is 11.1. The Morgan fingerprint density at radius 1 is 0.919 bits per heavy atom. The van der Waals surface area contributed by atoms with Crippen LogP contribution in [0.1, 0.15) is 65.8 Å². The molecule has 3 nitrogen and oxygen atoms in total. The number of benzene rings is 3. The number of nitrogens with zero attached hydrogens (tertiary/aromatic N) is 2. The van der Waals surface area contributed by atoms with Crippen LogP contribution >= 0.6 is 0 Å². The highest BCUT2D eigenvalue weighted by atomic mass is 19.4. The molecule has 196 valence electrons. The van der Waals surface area contributed by atoms with E-state index in [-0.39, 0.29) is 11.9 Å². The van der Waals surface area contributed by atoms with E-state index in [0.717, 1.165) is 50.0 Å². The average molecular weight is 509 g/mol. The fourth-order valence-corrected chi connectivity index (χ4v) is 5.35. The maximum atomic E-state index is 13.2. The minimum atomic E-state index is -4.36. The van der Waals surface area contributed by atoms with Gasteiger partial charge in [0.1, 0.15) is 0 Å². The first-order valence-corrected chi connectivity index (χ1v) is 13.0. The van der Waals surface area contributed by atoms with Crippen molar-refractivity contribution in [2.45, 2.75) is 58.3 Å². The van der Waals surface area contributed by atoms with E-state index in [1.807, 2.05) is 11.9 Å². The Bertz CT molecular complexity index is 1210. The molecule has 2 unspecified atom stereocenters. The zero-order valence-corrected chi connectivity index (χ0v) is 22.0. The number of likely N-dealkylation sites (N-methyl/N-ethyl adjacent to an activating group) is 1. The summed E-state index contributed by atoms with van der Waals surface area (Å²) in [4.78, 5) is 17.5. The first kappa shape index (κ1) is 26.9. The van der Waals surface area contributed by atoms with Gasteiger partial charge in [0.2, 0.25) is 0 Å². The SMILES string of the molecule is CCN(CC)C(C)c1ccc2c(c1)CCC(N(C)C(=O)c1ccc(-c3ccc(C(F)(F)F)cc3)cc1)C2. The van der Waals surface area contributed by atoms with Crippen LogP contribution < -0.4 is 0 Å². The second-order valence-corrected chi connectivity index (χ2v) is 9.89. The molecule has 6 heteroatoms. The van der Waals surface area contributed by atoms with Gasteiger partial charge in [0, 0.05) is 24.7 Å². The zero-order valence-electron chi connectivity index (χ0n) is 22.0. The van der Waals surface area contributed by atoms with Gasteiger partial charge < -0.3 is 4.90 Å². The number of aryl methyl sites for hydroxylation is 1. The monoisotopic (exact) mass is 508 g/mol. The summed E-state index contributed by atoms with van der Waals surface area (Å²) in [6.45, 7) is 8.69. The highest BCUT2D eigenvalue weighted by molar-refractivity contribution is 5.94. The Kier molecular flexibility index (Phi) is 8.08. The van der Waals surface area contributed by atoms with Crippen molar-refractivity contribution in [1.29, 1.82) is 0 Å². The third-order valence-electron chi connectivity index (χ3n) is 7.82. The number of hydrogen-bond donors (Lipinski definition) is 0. The number of hydrogen-bond acceptors (Lipinski definition) is 2. The minimum absolute atomic E-state index is 0.0424. The van der Waals surface area contributed by atoms with Crippen molar-refractivity contribution in [3.63, 3.8) is 0 Å². The summed E-state index contributed by atoms with van der Waals surface area (Å²) in [6.07, 6.45) is -1.66. The van der Waals surface area contributed by atoms with Crippen LogP contribution in [0, 0.1) is 0 Å². The van der Waals surface area contributed by atoms with Crippen LogP contribution in [-0.4, -0.2) is 41.9 Å². The quantitative estimate of drug-likeness (QED) is 0.332. The molecule has 1 amide bonds. The lowest BCUT2D eigenvalue weighted by molar-refractivity contribution is -0.137. The van der Waals surface area contributed by atoms with E-state index in [0.29, 0.717) is 17.2 Å². The minimum Gasteiger partial charge on any atom is -0.338 e. The van der Waals surface area contributed by atoms with Gasteiger partial charge in [-0.3, -0.25) is 9.69 Å². The molecular weight excluding hydrogens is 473 g/mol. The van der Waals surface area contributed by atoms with E-state index in [1.165, 1.54) is 28.8 Å². The molecule has 0 bridgehead atoms. The lowest BCUT2D eigenvalue weighted by Crippen LogP contribution is -2.40. The standard InChI is InChI=1S/C31H35F3N2O/c1-5-36(6-2)21(3)25-11-12-27-20-29(18-15-26(27)19-25)35(4)30(37)24-9-7-22(8-10-24)23-13-16-28(17-14-23)31(32,33)34/h7-14,16-17,19,21,29H,5-6,15,18,20H2,1-4H3. The molecule has 0 fully saturated rings. The van der Waals surface area contributed by atoms with Crippen molar-refractivity contribution in [2.75, 3.05) is 20.1 Å². The number of alkyl halides is 3. The molecule has 4 rings (SSSR count). The van der Waals surface area contributed by atoms with E-state index >= 15 is 0 Å². The molecule has 3 aromatic rings. The van der Waals surface area contributed by atoms with E-state index in [4.69, 9.17) is 0 Å². The summed E-state index contributed by atoms with van der Waals surface area (Å²) < 4.78 is 38.5. The molecule has 0 aliphatic heterocycles. The maximum absolute atomic E-state index is 13.2. The Morgan fingerprint density at radius 2 is 1.51 bits per heavy atom. The van der Waals surface area contributed by atoms with Gasteiger partial charge in [-0.1, -0.05) is 56.3 Å². The molecule has 0 saturated carbocycles. The van der Waals surface area contributed by atoms with Gasteiger partial charge in [0.15, 0.2) is 0 Å². The fourth-order valence-electron chi connectivity index (χ4n) is 5.35. The maximum Gasteiger partial charge on any atom is 0.416 e. The molecule has 0 spiro atoms. The second-order valence-electron chi connectivity index (χ2n) is 9.89. The van der Waals surface area contributed by atoms with Gasteiger partial charge in [-0.05, 0) is 91.4 Å². The Morgan fingerprint density at radius 3 is 2.08 bits per heavy atom. The topological polar surface area (TPSA) is 23.6 Å². The van der Waals surface area contributed by atoms with Gasteiger partial charge in [0.05, 0.1) is 5.56 Å². The van der Waals surface area contributed by atoms with Crippen molar-refractivity contribution in [3.8, 4) is 11.1 Å². The smallest absolute Gasteiger partial charge is 0.338 e. The molecular formula is C31H35F3N2O. The lowest BCUT2D eigenvalue weighted by Gasteiger charge is -2.34. The molecule has 37 heavy (non-hydrogen) atoms. The molecule has 0 aromatic heterocycles. The Balaban J connectivity index is 1.42. The highest BCUT2D eigenvalue weighted by Gasteiger charge is 2.30. The van der Waals surface area contributed by atoms with Gasteiger partial charge in [-0.15, -0.1) is 0 Å². The van der Waals surface area contributed by atoms with Crippen molar-refractivity contribution in [1.82, 2.24) is 9.80 Å². The molecule has 0 radical (unpaired) electrons. The van der Waals surface area contributed by atoms with Gasteiger partial charge in [-0.25, -0.2) is 0 Å². The molecule has 0 heterocycles. The molecule has 1 aliphatic carbocycles. The van der Waals surface area contributed by atoms with Gasteiger partial charge in [-0.2, -0.15) is 13.2 Å².